The van der Waals surface area contributed by atoms with Crippen LogP contribution in [0.15, 0.2) is 0 Å². The topological polar surface area (TPSA) is 55.8 Å². The Morgan fingerprint density at radius 3 is 2.56 bits per heavy atom. The predicted molar refractivity (Wildman–Crippen MR) is 60.0 cm³/mol. The number of aliphatic hydroxyl groups is 1. The maximum atomic E-state index is 11.6. The predicted octanol–water partition coefficient (Wildman–Crippen LogP) is 1.51. The van der Waals surface area contributed by atoms with Crippen molar-refractivity contribution in [2.75, 3.05) is 14.2 Å². The van der Waals surface area contributed by atoms with Crippen LogP contribution in [0.5, 0.6) is 0 Å². The molecule has 1 aliphatic rings. The molecule has 1 unspecified atom stereocenters. The second-order valence-electron chi connectivity index (χ2n) is 4.59. The molecule has 0 amide bonds. The SMILES string of the molecule is CCCCC(C(=O)OC)C1(O)CC(OC)C1. The molecule has 1 N–H and O–H groups in total. The van der Waals surface area contributed by atoms with Crippen molar-refractivity contribution < 1.29 is 19.4 Å². The molecule has 16 heavy (non-hydrogen) atoms. The molecule has 4 nitrogen and oxygen atoms in total. The molecule has 1 rings (SSSR count). The molecular formula is C12H22O4. The fourth-order valence-electron chi connectivity index (χ4n) is 2.34. The number of ether oxygens (including phenoxy) is 2. The molecule has 0 aromatic carbocycles. The normalized spacial score (nSPS) is 30.6. The van der Waals surface area contributed by atoms with Crippen LogP contribution in [0, 0.1) is 5.92 Å². The molecule has 1 atom stereocenters. The van der Waals surface area contributed by atoms with Crippen molar-refractivity contribution in [2.45, 2.75) is 50.7 Å². The minimum absolute atomic E-state index is 0.0822. The Morgan fingerprint density at radius 2 is 2.12 bits per heavy atom. The first kappa shape index (κ1) is 13.5. The second-order valence-corrected chi connectivity index (χ2v) is 4.59. The summed E-state index contributed by atoms with van der Waals surface area (Å²) in [6, 6.07) is 0. The van der Waals surface area contributed by atoms with Crippen LogP contribution in [0.25, 0.3) is 0 Å². The van der Waals surface area contributed by atoms with Crippen LogP contribution < -0.4 is 0 Å². The lowest BCUT2D eigenvalue weighted by Crippen LogP contribution is -2.55. The lowest BCUT2D eigenvalue weighted by molar-refractivity contribution is -0.184. The van der Waals surface area contributed by atoms with E-state index in [0.717, 1.165) is 12.8 Å². The van der Waals surface area contributed by atoms with E-state index in [2.05, 4.69) is 6.92 Å². The number of methoxy groups -OCH3 is 2. The number of hydrogen-bond donors (Lipinski definition) is 1. The molecule has 0 saturated heterocycles. The zero-order valence-corrected chi connectivity index (χ0v) is 10.4. The van der Waals surface area contributed by atoms with E-state index in [1.165, 1.54) is 7.11 Å². The maximum absolute atomic E-state index is 11.6. The van der Waals surface area contributed by atoms with E-state index < -0.39 is 11.5 Å². The summed E-state index contributed by atoms with van der Waals surface area (Å²) in [7, 11) is 3.00. The van der Waals surface area contributed by atoms with Crippen molar-refractivity contribution in [3.63, 3.8) is 0 Å². The van der Waals surface area contributed by atoms with Gasteiger partial charge in [0.2, 0.25) is 0 Å². The number of carbonyl (C=O) groups is 1. The summed E-state index contributed by atoms with van der Waals surface area (Å²) in [6.07, 6.45) is 3.78. The Labute approximate surface area is 96.9 Å². The van der Waals surface area contributed by atoms with Crippen molar-refractivity contribution in [3.05, 3.63) is 0 Å². The molecule has 0 radical (unpaired) electrons. The molecule has 0 heterocycles. The average molecular weight is 230 g/mol. The van der Waals surface area contributed by atoms with E-state index >= 15 is 0 Å². The van der Waals surface area contributed by atoms with Gasteiger partial charge in [-0.1, -0.05) is 19.8 Å². The van der Waals surface area contributed by atoms with E-state index in [1.807, 2.05) is 0 Å². The van der Waals surface area contributed by atoms with Crippen molar-refractivity contribution in [2.24, 2.45) is 5.92 Å². The Hall–Kier alpha value is -0.610. The summed E-state index contributed by atoms with van der Waals surface area (Å²) >= 11 is 0. The Kier molecular flexibility index (Phi) is 4.74. The van der Waals surface area contributed by atoms with Gasteiger partial charge in [0.25, 0.3) is 0 Å². The van der Waals surface area contributed by atoms with E-state index in [1.54, 1.807) is 7.11 Å². The first-order valence-electron chi connectivity index (χ1n) is 5.90. The van der Waals surface area contributed by atoms with Crippen molar-refractivity contribution in [3.8, 4) is 0 Å². The molecule has 4 heteroatoms. The van der Waals surface area contributed by atoms with Gasteiger partial charge >= 0.3 is 5.97 Å². The summed E-state index contributed by atoms with van der Waals surface area (Å²) in [5.74, 6) is -0.700. The number of unbranched alkanes of at least 4 members (excludes halogenated alkanes) is 1. The minimum Gasteiger partial charge on any atom is -0.469 e. The van der Waals surface area contributed by atoms with Gasteiger partial charge in [-0.25, -0.2) is 0 Å². The average Bonchev–Trinajstić information content (AvgIpc) is 2.25. The van der Waals surface area contributed by atoms with Crippen molar-refractivity contribution in [1.82, 2.24) is 0 Å². The van der Waals surface area contributed by atoms with E-state index in [4.69, 9.17) is 9.47 Å². The molecule has 1 aliphatic carbocycles. The van der Waals surface area contributed by atoms with Gasteiger partial charge in [0.1, 0.15) is 0 Å². The molecule has 0 aromatic heterocycles. The first-order valence-corrected chi connectivity index (χ1v) is 5.90. The highest BCUT2D eigenvalue weighted by Gasteiger charge is 2.51. The summed E-state index contributed by atoms with van der Waals surface area (Å²) in [4.78, 5) is 11.6. The molecule has 94 valence electrons. The van der Waals surface area contributed by atoms with Gasteiger partial charge < -0.3 is 14.6 Å². The smallest absolute Gasteiger partial charge is 0.311 e. The van der Waals surface area contributed by atoms with Crippen LogP contribution in [0.4, 0.5) is 0 Å². The van der Waals surface area contributed by atoms with E-state index in [0.29, 0.717) is 19.3 Å². The largest absolute Gasteiger partial charge is 0.469 e. The lowest BCUT2D eigenvalue weighted by atomic mass is 9.67. The zero-order chi connectivity index (χ0) is 12.2. The highest BCUT2D eigenvalue weighted by atomic mass is 16.5. The summed E-state index contributed by atoms with van der Waals surface area (Å²) in [5, 5.41) is 10.3. The fraction of sp³-hybridized carbons (Fsp3) is 0.917. The van der Waals surface area contributed by atoms with Gasteiger partial charge in [-0.2, -0.15) is 0 Å². The van der Waals surface area contributed by atoms with Gasteiger partial charge in [0, 0.05) is 20.0 Å². The molecule has 0 aromatic rings. The number of esters is 1. The van der Waals surface area contributed by atoms with E-state index in [9.17, 15) is 9.90 Å². The Balaban J connectivity index is 2.58. The third-order valence-corrected chi connectivity index (χ3v) is 3.48. The van der Waals surface area contributed by atoms with Crippen LogP contribution in [0.2, 0.25) is 0 Å². The van der Waals surface area contributed by atoms with E-state index in [-0.39, 0.29) is 12.1 Å². The third kappa shape index (κ3) is 2.74. The number of hydrogen-bond acceptors (Lipinski definition) is 4. The first-order chi connectivity index (χ1) is 7.57. The van der Waals surface area contributed by atoms with Crippen LogP contribution >= 0.6 is 0 Å². The van der Waals surface area contributed by atoms with Gasteiger partial charge in [0.15, 0.2) is 0 Å². The Morgan fingerprint density at radius 1 is 1.50 bits per heavy atom. The number of carbonyl (C=O) groups excluding carboxylic acids is 1. The van der Waals surface area contributed by atoms with Gasteiger partial charge in [-0.05, 0) is 6.42 Å². The summed E-state index contributed by atoms with van der Waals surface area (Å²) < 4.78 is 9.90. The summed E-state index contributed by atoms with van der Waals surface area (Å²) in [5.41, 5.74) is -0.914. The maximum Gasteiger partial charge on any atom is 0.311 e. The van der Waals surface area contributed by atoms with Crippen LogP contribution in [-0.4, -0.2) is 37.0 Å². The highest BCUT2D eigenvalue weighted by molar-refractivity contribution is 5.74. The monoisotopic (exact) mass is 230 g/mol. The lowest BCUT2D eigenvalue weighted by Gasteiger charge is -2.46. The quantitative estimate of drug-likeness (QED) is 0.703. The van der Waals surface area contributed by atoms with Gasteiger partial charge in [-0.15, -0.1) is 0 Å². The standard InChI is InChI=1S/C12H22O4/c1-4-5-6-10(11(13)16-3)12(14)7-9(8-12)15-2/h9-10,14H,4-8H2,1-3H3. The second kappa shape index (κ2) is 5.64. The van der Waals surface area contributed by atoms with Gasteiger partial charge in [-0.3, -0.25) is 4.79 Å². The Bertz CT molecular complexity index is 233. The van der Waals surface area contributed by atoms with Gasteiger partial charge in [0.05, 0.1) is 24.7 Å². The third-order valence-electron chi connectivity index (χ3n) is 3.48. The fourth-order valence-corrected chi connectivity index (χ4v) is 2.34. The molecular weight excluding hydrogens is 208 g/mol. The molecule has 0 bridgehead atoms. The minimum atomic E-state index is -0.914. The van der Waals surface area contributed by atoms with Crippen molar-refractivity contribution >= 4 is 5.97 Å². The van der Waals surface area contributed by atoms with Crippen LogP contribution in [0.1, 0.15) is 39.0 Å². The van der Waals surface area contributed by atoms with Crippen LogP contribution in [0.3, 0.4) is 0 Å². The summed E-state index contributed by atoms with van der Waals surface area (Å²) in [6.45, 7) is 2.07. The van der Waals surface area contributed by atoms with Crippen LogP contribution in [-0.2, 0) is 14.3 Å². The molecule has 1 saturated carbocycles. The van der Waals surface area contributed by atoms with Crippen molar-refractivity contribution in [1.29, 1.82) is 0 Å². The zero-order valence-electron chi connectivity index (χ0n) is 10.4. The molecule has 1 fully saturated rings. The molecule has 0 aliphatic heterocycles. The molecule has 0 spiro atoms. The number of rotatable bonds is 6. The highest BCUT2D eigenvalue weighted by Crippen LogP contribution is 2.42.